The van der Waals surface area contributed by atoms with Crippen LogP contribution in [0.1, 0.15) is 12.0 Å². The molecule has 0 aliphatic carbocycles. The van der Waals surface area contributed by atoms with Gasteiger partial charge in [-0.15, -0.1) is 0 Å². The number of benzene rings is 2. The van der Waals surface area contributed by atoms with Crippen LogP contribution in [0.3, 0.4) is 0 Å². The van der Waals surface area contributed by atoms with Gasteiger partial charge in [-0.25, -0.2) is 8.42 Å². The molecular formula is C18H22N2O3S. The van der Waals surface area contributed by atoms with Gasteiger partial charge < -0.3 is 5.32 Å². The van der Waals surface area contributed by atoms with Crippen LogP contribution in [-0.4, -0.2) is 50.4 Å². The van der Waals surface area contributed by atoms with Gasteiger partial charge in [-0.1, -0.05) is 42.5 Å². The lowest BCUT2D eigenvalue weighted by molar-refractivity contribution is -0.122. The summed E-state index contributed by atoms with van der Waals surface area (Å²) in [5.41, 5.74) is 1.17. The topological polar surface area (TPSA) is 66.5 Å². The summed E-state index contributed by atoms with van der Waals surface area (Å²) in [5.74, 6) is 0.107. The number of nitrogens with one attached hydrogen (secondary N) is 1. The lowest BCUT2D eigenvalue weighted by atomic mass is 10.0. The summed E-state index contributed by atoms with van der Waals surface area (Å²) in [6.45, 7) is 0.914. The highest BCUT2D eigenvalue weighted by Crippen LogP contribution is 2.19. The molecule has 1 aliphatic rings. The number of hydrogen-bond donors (Lipinski definition) is 1. The molecule has 0 spiro atoms. The van der Waals surface area contributed by atoms with E-state index in [2.05, 4.69) is 29.6 Å². The molecule has 3 rings (SSSR count). The first-order valence-corrected chi connectivity index (χ1v) is 9.90. The van der Waals surface area contributed by atoms with Crippen molar-refractivity contribution in [2.45, 2.75) is 19.0 Å². The SMILES string of the molecule is CN(CC(=O)N[C@H]1CCS(=O)(=O)C1)Cc1cccc2ccccc12. The minimum Gasteiger partial charge on any atom is -0.351 e. The van der Waals surface area contributed by atoms with Crippen molar-refractivity contribution in [1.82, 2.24) is 10.2 Å². The minimum absolute atomic E-state index is 0.0613. The van der Waals surface area contributed by atoms with Gasteiger partial charge >= 0.3 is 0 Å². The third-order valence-corrected chi connectivity index (χ3v) is 6.10. The number of rotatable bonds is 5. The molecule has 2 aromatic rings. The van der Waals surface area contributed by atoms with Crippen molar-refractivity contribution >= 4 is 26.5 Å². The maximum atomic E-state index is 12.1. The molecule has 2 aromatic carbocycles. The number of carbonyl (C=O) groups is 1. The average Bonchev–Trinajstić information content (AvgIpc) is 2.86. The van der Waals surface area contributed by atoms with E-state index in [4.69, 9.17) is 0 Å². The Morgan fingerprint density at radius 2 is 1.96 bits per heavy atom. The van der Waals surface area contributed by atoms with Crippen molar-refractivity contribution in [2.75, 3.05) is 25.1 Å². The number of hydrogen-bond acceptors (Lipinski definition) is 4. The van der Waals surface area contributed by atoms with E-state index < -0.39 is 9.84 Å². The molecule has 0 radical (unpaired) electrons. The van der Waals surface area contributed by atoms with Crippen LogP contribution in [0.2, 0.25) is 0 Å². The van der Waals surface area contributed by atoms with Crippen LogP contribution in [0.5, 0.6) is 0 Å². The van der Waals surface area contributed by atoms with E-state index in [0.717, 1.165) is 0 Å². The quantitative estimate of drug-likeness (QED) is 0.893. The van der Waals surface area contributed by atoms with Crippen molar-refractivity contribution in [2.24, 2.45) is 0 Å². The van der Waals surface area contributed by atoms with Gasteiger partial charge in [0.2, 0.25) is 5.91 Å². The highest BCUT2D eigenvalue weighted by atomic mass is 32.2. The van der Waals surface area contributed by atoms with Crippen molar-refractivity contribution in [3.8, 4) is 0 Å². The predicted octanol–water partition coefficient (Wildman–Crippen LogP) is 1.57. The molecule has 128 valence electrons. The third kappa shape index (κ3) is 4.13. The van der Waals surface area contributed by atoms with Crippen LogP contribution < -0.4 is 5.32 Å². The van der Waals surface area contributed by atoms with Crippen LogP contribution in [0.15, 0.2) is 42.5 Å². The largest absolute Gasteiger partial charge is 0.351 e. The van der Waals surface area contributed by atoms with Crippen LogP contribution in [-0.2, 0) is 21.2 Å². The van der Waals surface area contributed by atoms with E-state index in [9.17, 15) is 13.2 Å². The van der Waals surface area contributed by atoms with Gasteiger partial charge in [-0.3, -0.25) is 9.69 Å². The number of nitrogens with zero attached hydrogens (tertiary/aromatic N) is 1. The molecule has 1 atom stereocenters. The van der Waals surface area contributed by atoms with E-state index in [1.807, 2.05) is 30.1 Å². The molecular weight excluding hydrogens is 324 g/mol. The van der Waals surface area contributed by atoms with E-state index >= 15 is 0 Å². The molecule has 6 heteroatoms. The average molecular weight is 346 g/mol. The Morgan fingerprint density at radius 1 is 1.21 bits per heavy atom. The fourth-order valence-electron chi connectivity index (χ4n) is 3.20. The highest BCUT2D eigenvalue weighted by molar-refractivity contribution is 7.91. The van der Waals surface area contributed by atoms with Crippen molar-refractivity contribution in [3.05, 3.63) is 48.0 Å². The number of carbonyl (C=O) groups excluding carboxylic acids is 1. The van der Waals surface area contributed by atoms with E-state index in [1.54, 1.807) is 0 Å². The van der Waals surface area contributed by atoms with E-state index in [1.165, 1.54) is 16.3 Å². The zero-order valence-corrected chi connectivity index (χ0v) is 14.6. The van der Waals surface area contributed by atoms with E-state index in [-0.39, 0.29) is 30.0 Å². The molecule has 0 saturated carbocycles. The van der Waals surface area contributed by atoms with Gasteiger partial charge in [0.1, 0.15) is 0 Å². The fourth-order valence-corrected chi connectivity index (χ4v) is 4.88. The van der Waals surface area contributed by atoms with Crippen LogP contribution in [0.25, 0.3) is 10.8 Å². The van der Waals surface area contributed by atoms with Crippen LogP contribution in [0.4, 0.5) is 0 Å². The fraction of sp³-hybridized carbons (Fsp3) is 0.389. The first kappa shape index (κ1) is 16.9. The lowest BCUT2D eigenvalue weighted by Gasteiger charge is -2.19. The molecule has 1 amide bonds. The first-order valence-electron chi connectivity index (χ1n) is 8.08. The number of likely N-dealkylation sites (N-methyl/N-ethyl adjacent to an activating group) is 1. The summed E-state index contributed by atoms with van der Waals surface area (Å²) in [4.78, 5) is 14.1. The Labute approximate surface area is 142 Å². The summed E-state index contributed by atoms with van der Waals surface area (Å²) in [5, 5.41) is 5.20. The molecule has 0 unspecified atom stereocenters. The second-order valence-electron chi connectivity index (χ2n) is 6.48. The molecule has 0 bridgehead atoms. The Hall–Kier alpha value is -1.92. The Morgan fingerprint density at radius 3 is 2.71 bits per heavy atom. The van der Waals surface area contributed by atoms with Crippen LogP contribution in [0, 0.1) is 0 Å². The Kier molecular flexibility index (Phi) is 4.87. The maximum Gasteiger partial charge on any atom is 0.234 e. The van der Waals surface area contributed by atoms with Crippen molar-refractivity contribution in [3.63, 3.8) is 0 Å². The molecule has 1 saturated heterocycles. The zero-order valence-electron chi connectivity index (χ0n) is 13.7. The monoisotopic (exact) mass is 346 g/mol. The Balaban J connectivity index is 1.59. The molecule has 1 aliphatic heterocycles. The Bertz CT molecular complexity index is 843. The van der Waals surface area contributed by atoms with Gasteiger partial charge in [0, 0.05) is 12.6 Å². The molecule has 1 N–H and O–H groups in total. The maximum absolute atomic E-state index is 12.1. The second kappa shape index (κ2) is 6.91. The van der Waals surface area contributed by atoms with Gasteiger partial charge in [-0.05, 0) is 29.8 Å². The smallest absolute Gasteiger partial charge is 0.234 e. The lowest BCUT2D eigenvalue weighted by Crippen LogP contribution is -2.41. The highest BCUT2D eigenvalue weighted by Gasteiger charge is 2.28. The summed E-state index contributed by atoms with van der Waals surface area (Å²) in [6.07, 6.45) is 0.515. The summed E-state index contributed by atoms with van der Waals surface area (Å²) >= 11 is 0. The van der Waals surface area contributed by atoms with Crippen LogP contribution >= 0.6 is 0 Å². The van der Waals surface area contributed by atoms with Gasteiger partial charge in [0.05, 0.1) is 18.1 Å². The van der Waals surface area contributed by atoms with E-state index in [0.29, 0.717) is 13.0 Å². The summed E-state index contributed by atoms with van der Waals surface area (Å²) in [6, 6.07) is 14.1. The first-order chi connectivity index (χ1) is 11.4. The van der Waals surface area contributed by atoms with Gasteiger partial charge in [-0.2, -0.15) is 0 Å². The number of fused-ring (bicyclic) bond motifs is 1. The normalized spacial score (nSPS) is 19.7. The molecule has 1 heterocycles. The molecule has 1 fully saturated rings. The standard InChI is InChI=1S/C18H22N2O3S/c1-20(12-18(21)19-16-9-10-24(22,23)13-16)11-15-7-4-6-14-5-2-3-8-17(14)15/h2-8,16H,9-13H2,1H3,(H,19,21)/t16-/m0/s1. The zero-order chi connectivity index (χ0) is 17.2. The predicted molar refractivity (Wildman–Crippen MR) is 95.5 cm³/mol. The molecule has 0 aromatic heterocycles. The number of amides is 1. The summed E-state index contributed by atoms with van der Waals surface area (Å²) < 4.78 is 22.9. The third-order valence-electron chi connectivity index (χ3n) is 4.33. The summed E-state index contributed by atoms with van der Waals surface area (Å²) in [7, 11) is -1.08. The molecule has 24 heavy (non-hydrogen) atoms. The van der Waals surface area contributed by atoms with Gasteiger partial charge in [0.25, 0.3) is 0 Å². The van der Waals surface area contributed by atoms with Crippen molar-refractivity contribution < 1.29 is 13.2 Å². The molecule has 5 nitrogen and oxygen atoms in total. The van der Waals surface area contributed by atoms with Crippen molar-refractivity contribution in [1.29, 1.82) is 0 Å². The second-order valence-corrected chi connectivity index (χ2v) is 8.71. The number of sulfone groups is 1. The van der Waals surface area contributed by atoms with Gasteiger partial charge in [0.15, 0.2) is 9.84 Å². The minimum atomic E-state index is -2.97.